The molecule has 1 heterocycles. The first-order chi connectivity index (χ1) is 14.1. The molecule has 2 aromatic carbocycles. The number of methoxy groups -OCH3 is 1. The van der Waals surface area contributed by atoms with Gasteiger partial charge in [-0.2, -0.15) is 0 Å². The Morgan fingerprint density at radius 3 is 2.55 bits per heavy atom. The topological polar surface area (TPSA) is 80.3 Å². The van der Waals surface area contributed by atoms with Crippen LogP contribution < -0.4 is 15.4 Å². The molecule has 0 unspecified atom stereocenters. The summed E-state index contributed by atoms with van der Waals surface area (Å²) in [5.74, 6) is 0.509. The molecule has 6 heteroatoms. The van der Waals surface area contributed by atoms with Gasteiger partial charge in [0.1, 0.15) is 5.75 Å². The predicted molar refractivity (Wildman–Crippen MR) is 113 cm³/mol. The summed E-state index contributed by atoms with van der Waals surface area (Å²) in [6, 6.07) is 18.3. The van der Waals surface area contributed by atoms with E-state index in [4.69, 9.17) is 4.74 Å². The molecule has 3 aromatic rings. The Balaban J connectivity index is 1.70. The molecule has 3 rings (SSSR count). The highest BCUT2D eigenvalue weighted by Crippen LogP contribution is 2.26. The number of pyridine rings is 1. The number of carbonyl (C=O) groups is 2. The van der Waals surface area contributed by atoms with Crippen molar-refractivity contribution >= 4 is 17.5 Å². The Morgan fingerprint density at radius 1 is 1.03 bits per heavy atom. The standard InChI is InChI=1S/C23H23N3O3/c1-3-21(27)26-20-8-5-13-24-22(20)17-9-11-18(12-10-17)23(28)25-15-16-6-4-7-19(14-16)29-2/h4-14H,3,15H2,1-2H3,(H,25,28)(H,26,27). The molecule has 0 fully saturated rings. The van der Waals surface area contributed by atoms with E-state index in [2.05, 4.69) is 15.6 Å². The molecule has 0 radical (unpaired) electrons. The average Bonchev–Trinajstić information content (AvgIpc) is 2.78. The smallest absolute Gasteiger partial charge is 0.251 e. The van der Waals surface area contributed by atoms with E-state index in [1.807, 2.05) is 42.5 Å². The number of benzene rings is 2. The number of hydrogen-bond donors (Lipinski definition) is 2. The number of aromatic nitrogens is 1. The highest BCUT2D eigenvalue weighted by atomic mass is 16.5. The van der Waals surface area contributed by atoms with E-state index in [-0.39, 0.29) is 11.8 Å². The number of rotatable bonds is 7. The van der Waals surface area contributed by atoms with E-state index in [9.17, 15) is 9.59 Å². The van der Waals surface area contributed by atoms with E-state index in [0.717, 1.165) is 16.9 Å². The molecule has 0 saturated carbocycles. The van der Waals surface area contributed by atoms with Gasteiger partial charge in [0, 0.05) is 30.3 Å². The first kappa shape index (κ1) is 20.1. The molecule has 0 aliphatic heterocycles. The van der Waals surface area contributed by atoms with Crippen LogP contribution in [0.5, 0.6) is 5.75 Å². The van der Waals surface area contributed by atoms with Crippen molar-refractivity contribution < 1.29 is 14.3 Å². The van der Waals surface area contributed by atoms with Crippen molar-refractivity contribution in [3.05, 3.63) is 78.0 Å². The molecule has 6 nitrogen and oxygen atoms in total. The molecule has 29 heavy (non-hydrogen) atoms. The minimum absolute atomic E-state index is 0.0761. The van der Waals surface area contributed by atoms with Crippen LogP contribution in [-0.2, 0) is 11.3 Å². The summed E-state index contributed by atoms with van der Waals surface area (Å²) < 4.78 is 5.20. The van der Waals surface area contributed by atoms with E-state index < -0.39 is 0 Å². The molecule has 0 saturated heterocycles. The maximum absolute atomic E-state index is 12.5. The number of ether oxygens (including phenoxy) is 1. The van der Waals surface area contributed by atoms with Crippen molar-refractivity contribution in [3.63, 3.8) is 0 Å². The van der Waals surface area contributed by atoms with Crippen molar-refractivity contribution in [2.45, 2.75) is 19.9 Å². The molecule has 2 N–H and O–H groups in total. The van der Waals surface area contributed by atoms with Crippen LogP contribution in [0.3, 0.4) is 0 Å². The van der Waals surface area contributed by atoms with Gasteiger partial charge >= 0.3 is 0 Å². The first-order valence-electron chi connectivity index (χ1n) is 9.37. The molecular weight excluding hydrogens is 366 g/mol. The normalized spacial score (nSPS) is 10.3. The minimum Gasteiger partial charge on any atom is -0.497 e. The van der Waals surface area contributed by atoms with Crippen LogP contribution >= 0.6 is 0 Å². The molecule has 0 spiro atoms. The number of nitrogens with zero attached hydrogens (tertiary/aromatic N) is 1. The van der Waals surface area contributed by atoms with Gasteiger partial charge < -0.3 is 15.4 Å². The second-order valence-corrected chi connectivity index (χ2v) is 6.41. The molecule has 0 atom stereocenters. The number of hydrogen-bond acceptors (Lipinski definition) is 4. The van der Waals surface area contributed by atoms with Crippen LogP contribution in [0, 0.1) is 0 Å². The third-order valence-corrected chi connectivity index (χ3v) is 4.41. The quantitative estimate of drug-likeness (QED) is 0.639. The van der Waals surface area contributed by atoms with Crippen molar-refractivity contribution in [2.75, 3.05) is 12.4 Å². The number of anilines is 1. The number of carbonyl (C=O) groups excluding carboxylic acids is 2. The lowest BCUT2D eigenvalue weighted by atomic mass is 10.1. The Hall–Kier alpha value is -3.67. The fraction of sp³-hybridized carbons (Fsp3) is 0.174. The summed E-state index contributed by atoms with van der Waals surface area (Å²) in [7, 11) is 1.61. The van der Waals surface area contributed by atoms with E-state index in [1.165, 1.54) is 0 Å². The van der Waals surface area contributed by atoms with E-state index in [1.54, 1.807) is 38.4 Å². The highest BCUT2D eigenvalue weighted by Gasteiger charge is 2.11. The third-order valence-electron chi connectivity index (χ3n) is 4.41. The van der Waals surface area contributed by atoms with Crippen molar-refractivity contribution in [3.8, 4) is 17.0 Å². The summed E-state index contributed by atoms with van der Waals surface area (Å²) in [4.78, 5) is 28.6. The lowest BCUT2D eigenvalue weighted by Gasteiger charge is -2.10. The largest absolute Gasteiger partial charge is 0.497 e. The molecule has 2 amide bonds. The van der Waals surface area contributed by atoms with Gasteiger partial charge in [-0.05, 0) is 42.0 Å². The SMILES string of the molecule is CCC(=O)Nc1cccnc1-c1ccc(C(=O)NCc2cccc(OC)c2)cc1. The lowest BCUT2D eigenvalue weighted by Crippen LogP contribution is -2.22. The van der Waals surface area contributed by atoms with Crippen LogP contribution in [0.1, 0.15) is 29.3 Å². The average molecular weight is 389 g/mol. The zero-order valence-corrected chi connectivity index (χ0v) is 16.4. The number of nitrogens with one attached hydrogen (secondary N) is 2. The Kier molecular flexibility index (Phi) is 6.58. The molecule has 1 aromatic heterocycles. The van der Waals surface area contributed by atoms with Gasteiger partial charge in [0.15, 0.2) is 0 Å². The lowest BCUT2D eigenvalue weighted by molar-refractivity contribution is -0.115. The van der Waals surface area contributed by atoms with E-state index >= 15 is 0 Å². The fourth-order valence-corrected chi connectivity index (χ4v) is 2.82. The maximum atomic E-state index is 12.5. The van der Waals surface area contributed by atoms with Gasteiger partial charge in [-0.15, -0.1) is 0 Å². The molecule has 0 bridgehead atoms. The highest BCUT2D eigenvalue weighted by molar-refractivity contribution is 5.96. The summed E-state index contributed by atoms with van der Waals surface area (Å²) in [6.45, 7) is 2.20. The zero-order chi connectivity index (χ0) is 20.6. The summed E-state index contributed by atoms with van der Waals surface area (Å²) in [6.07, 6.45) is 2.06. The van der Waals surface area contributed by atoms with Crippen LogP contribution in [0.4, 0.5) is 5.69 Å². The van der Waals surface area contributed by atoms with Gasteiger partial charge in [-0.3, -0.25) is 14.6 Å². The van der Waals surface area contributed by atoms with Crippen LogP contribution in [0.15, 0.2) is 66.9 Å². The van der Waals surface area contributed by atoms with Crippen molar-refractivity contribution in [1.29, 1.82) is 0 Å². The van der Waals surface area contributed by atoms with Gasteiger partial charge in [-0.25, -0.2) is 0 Å². The second-order valence-electron chi connectivity index (χ2n) is 6.41. The third kappa shape index (κ3) is 5.19. The van der Waals surface area contributed by atoms with Gasteiger partial charge in [0.05, 0.1) is 18.5 Å². The van der Waals surface area contributed by atoms with Crippen LogP contribution in [-0.4, -0.2) is 23.9 Å². The molecular formula is C23H23N3O3. The van der Waals surface area contributed by atoms with Crippen molar-refractivity contribution in [1.82, 2.24) is 10.3 Å². The van der Waals surface area contributed by atoms with Gasteiger partial charge in [0.25, 0.3) is 5.91 Å². The van der Waals surface area contributed by atoms with Gasteiger partial charge in [0.2, 0.25) is 5.91 Å². The molecule has 0 aliphatic carbocycles. The fourth-order valence-electron chi connectivity index (χ4n) is 2.82. The Labute approximate surface area is 169 Å². The number of amides is 2. The Bertz CT molecular complexity index is 1000. The molecule has 0 aliphatic rings. The van der Waals surface area contributed by atoms with Crippen molar-refractivity contribution in [2.24, 2.45) is 0 Å². The van der Waals surface area contributed by atoms with Crippen LogP contribution in [0.2, 0.25) is 0 Å². The summed E-state index contributed by atoms with van der Waals surface area (Å²) in [5.41, 5.74) is 3.64. The zero-order valence-electron chi connectivity index (χ0n) is 16.4. The Morgan fingerprint density at radius 2 is 1.83 bits per heavy atom. The summed E-state index contributed by atoms with van der Waals surface area (Å²) >= 11 is 0. The van der Waals surface area contributed by atoms with Crippen LogP contribution in [0.25, 0.3) is 11.3 Å². The maximum Gasteiger partial charge on any atom is 0.251 e. The second kappa shape index (κ2) is 9.50. The van der Waals surface area contributed by atoms with E-state index in [0.29, 0.717) is 29.9 Å². The minimum atomic E-state index is -0.167. The molecule has 148 valence electrons. The monoisotopic (exact) mass is 389 g/mol. The predicted octanol–water partition coefficient (Wildman–Crippen LogP) is 4.04. The van der Waals surface area contributed by atoms with Gasteiger partial charge in [-0.1, -0.05) is 31.2 Å². The first-order valence-corrected chi connectivity index (χ1v) is 9.37. The summed E-state index contributed by atoms with van der Waals surface area (Å²) in [5, 5.41) is 5.76.